The van der Waals surface area contributed by atoms with Gasteiger partial charge >= 0.3 is 0 Å². The summed E-state index contributed by atoms with van der Waals surface area (Å²) in [6, 6.07) is -0.0672. The van der Waals surface area contributed by atoms with E-state index in [4.69, 9.17) is 0 Å². The van der Waals surface area contributed by atoms with Crippen molar-refractivity contribution in [1.29, 1.82) is 0 Å². The highest BCUT2D eigenvalue weighted by molar-refractivity contribution is 7.98. The molecular weight excluding hydrogens is 406 g/mol. The smallest absolute Gasteiger partial charge is 0.259 e. The molecule has 0 fully saturated rings. The predicted molar refractivity (Wildman–Crippen MR) is 118 cm³/mol. The average molecular weight is 432 g/mol. The van der Waals surface area contributed by atoms with Gasteiger partial charge < -0.3 is 10.3 Å². The van der Waals surface area contributed by atoms with E-state index < -0.39 is 0 Å². The van der Waals surface area contributed by atoms with Crippen molar-refractivity contribution in [3.05, 3.63) is 44.1 Å². The highest BCUT2D eigenvalue weighted by atomic mass is 32.2. The Morgan fingerprint density at radius 1 is 1.45 bits per heavy atom. The SMILES string of the molecule is Cc1c([C@@H](C)NC(=O)CCSCc2nc3sc4c(c3c(=O)[nH]2)CCC4)cnn1C. The second-order valence-electron chi connectivity index (χ2n) is 7.45. The van der Waals surface area contributed by atoms with Crippen molar-refractivity contribution in [3.8, 4) is 0 Å². The summed E-state index contributed by atoms with van der Waals surface area (Å²) in [6.07, 6.45) is 5.41. The van der Waals surface area contributed by atoms with Gasteiger partial charge in [-0.05, 0) is 38.7 Å². The van der Waals surface area contributed by atoms with Crippen LogP contribution in [0.2, 0.25) is 0 Å². The van der Waals surface area contributed by atoms with Gasteiger partial charge in [-0.2, -0.15) is 16.9 Å². The number of amides is 1. The van der Waals surface area contributed by atoms with E-state index in [1.165, 1.54) is 10.4 Å². The first-order valence-electron chi connectivity index (χ1n) is 9.83. The lowest BCUT2D eigenvalue weighted by atomic mass is 10.1. The number of aryl methyl sites for hydroxylation is 3. The fourth-order valence-corrected chi connectivity index (χ4v) is 5.87. The van der Waals surface area contributed by atoms with Crippen LogP contribution in [0.4, 0.5) is 0 Å². The molecule has 0 radical (unpaired) electrons. The van der Waals surface area contributed by atoms with E-state index in [1.807, 2.05) is 20.9 Å². The van der Waals surface area contributed by atoms with Crippen molar-refractivity contribution in [2.45, 2.75) is 51.3 Å². The van der Waals surface area contributed by atoms with E-state index >= 15 is 0 Å². The Balaban J connectivity index is 1.29. The van der Waals surface area contributed by atoms with Crippen LogP contribution in [0.15, 0.2) is 11.0 Å². The summed E-state index contributed by atoms with van der Waals surface area (Å²) in [7, 11) is 1.89. The molecule has 0 spiro atoms. The molecule has 1 aliphatic carbocycles. The molecule has 0 saturated carbocycles. The molecule has 154 valence electrons. The van der Waals surface area contributed by atoms with Crippen molar-refractivity contribution in [3.63, 3.8) is 0 Å². The summed E-state index contributed by atoms with van der Waals surface area (Å²) >= 11 is 3.26. The molecule has 0 saturated heterocycles. The molecule has 9 heteroatoms. The van der Waals surface area contributed by atoms with Crippen molar-refractivity contribution in [1.82, 2.24) is 25.1 Å². The fraction of sp³-hybridized carbons (Fsp3) is 0.500. The summed E-state index contributed by atoms with van der Waals surface area (Å²) in [5.41, 5.74) is 3.26. The Kier molecular flexibility index (Phi) is 5.78. The molecule has 3 aromatic heterocycles. The third-order valence-electron chi connectivity index (χ3n) is 5.45. The van der Waals surface area contributed by atoms with Gasteiger partial charge in [0.25, 0.3) is 5.56 Å². The van der Waals surface area contributed by atoms with E-state index in [0.717, 1.165) is 40.7 Å². The molecule has 7 nitrogen and oxygen atoms in total. The number of aromatic amines is 1. The topological polar surface area (TPSA) is 92.7 Å². The number of nitrogens with one attached hydrogen (secondary N) is 2. The zero-order chi connectivity index (χ0) is 20.5. The van der Waals surface area contributed by atoms with Crippen LogP contribution in [0.5, 0.6) is 0 Å². The lowest BCUT2D eigenvalue weighted by molar-refractivity contribution is -0.121. The molecule has 29 heavy (non-hydrogen) atoms. The quantitative estimate of drug-likeness (QED) is 0.561. The monoisotopic (exact) mass is 431 g/mol. The molecule has 1 atom stereocenters. The minimum absolute atomic E-state index is 0.0137. The van der Waals surface area contributed by atoms with Crippen LogP contribution in [0, 0.1) is 6.92 Å². The number of rotatable bonds is 7. The van der Waals surface area contributed by atoms with Gasteiger partial charge in [-0.3, -0.25) is 14.3 Å². The van der Waals surface area contributed by atoms with Crippen LogP contribution < -0.4 is 10.9 Å². The lowest BCUT2D eigenvalue weighted by Gasteiger charge is -2.13. The number of hydrogen-bond donors (Lipinski definition) is 2. The summed E-state index contributed by atoms with van der Waals surface area (Å²) in [6.45, 7) is 3.96. The number of aromatic nitrogens is 4. The van der Waals surface area contributed by atoms with Crippen LogP contribution in [-0.2, 0) is 30.4 Å². The summed E-state index contributed by atoms with van der Waals surface area (Å²) < 4.78 is 1.81. The number of nitrogens with zero attached hydrogens (tertiary/aromatic N) is 3. The van der Waals surface area contributed by atoms with Gasteiger partial charge in [0.1, 0.15) is 10.7 Å². The first-order chi connectivity index (χ1) is 13.9. The maximum atomic E-state index is 12.5. The zero-order valence-corrected chi connectivity index (χ0v) is 18.5. The lowest BCUT2D eigenvalue weighted by Crippen LogP contribution is -2.27. The van der Waals surface area contributed by atoms with Crippen LogP contribution in [0.25, 0.3) is 10.2 Å². The molecule has 1 aliphatic rings. The summed E-state index contributed by atoms with van der Waals surface area (Å²) in [4.78, 5) is 34.5. The van der Waals surface area contributed by atoms with Crippen molar-refractivity contribution in [2.75, 3.05) is 5.75 Å². The second-order valence-corrected chi connectivity index (χ2v) is 9.64. The highest BCUT2D eigenvalue weighted by Gasteiger charge is 2.21. The average Bonchev–Trinajstić information content (AvgIpc) is 3.34. The third-order valence-corrected chi connectivity index (χ3v) is 7.61. The van der Waals surface area contributed by atoms with Crippen LogP contribution in [-0.4, -0.2) is 31.4 Å². The fourth-order valence-electron chi connectivity index (χ4n) is 3.78. The molecular formula is C20H25N5O2S2. The number of thioether (sulfide) groups is 1. The van der Waals surface area contributed by atoms with Crippen LogP contribution in [0.1, 0.15) is 53.3 Å². The molecule has 4 rings (SSSR count). The van der Waals surface area contributed by atoms with Crippen LogP contribution in [0.3, 0.4) is 0 Å². The number of carbonyl (C=O) groups is 1. The van der Waals surface area contributed by atoms with Gasteiger partial charge in [0, 0.05) is 35.4 Å². The van der Waals surface area contributed by atoms with Gasteiger partial charge in [-0.1, -0.05) is 0 Å². The number of H-pyrrole nitrogens is 1. The molecule has 0 unspecified atom stereocenters. The molecule has 0 aromatic carbocycles. The van der Waals surface area contributed by atoms with Crippen molar-refractivity contribution < 1.29 is 4.79 Å². The van der Waals surface area contributed by atoms with E-state index in [9.17, 15) is 9.59 Å². The van der Waals surface area contributed by atoms with E-state index in [2.05, 4.69) is 20.4 Å². The van der Waals surface area contributed by atoms with Gasteiger partial charge in [0.2, 0.25) is 5.91 Å². The standard InChI is InChI=1S/C20H25N5O2S2/c1-11(14-9-21-25(3)12(14)2)22-17(26)7-8-28-10-16-23-19(27)18-13-5-4-6-15(13)29-20(18)24-16/h9,11H,4-8,10H2,1-3H3,(H,22,26)(H,23,24,27)/t11-/m1/s1. The molecule has 2 N–H and O–H groups in total. The largest absolute Gasteiger partial charge is 0.349 e. The van der Waals surface area contributed by atoms with E-state index in [0.29, 0.717) is 23.8 Å². The number of thiophene rings is 1. The Bertz CT molecular complexity index is 1110. The van der Waals surface area contributed by atoms with Gasteiger partial charge in [0.15, 0.2) is 0 Å². The maximum absolute atomic E-state index is 12.5. The van der Waals surface area contributed by atoms with Crippen molar-refractivity contribution in [2.24, 2.45) is 7.05 Å². The zero-order valence-electron chi connectivity index (χ0n) is 16.9. The van der Waals surface area contributed by atoms with Gasteiger partial charge in [0.05, 0.1) is 23.4 Å². The summed E-state index contributed by atoms with van der Waals surface area (Å²) in [5.74, 6) is 1.97. The number of hydrogen-bond acceptors (Lipinski definition) is 6. The Hall–Kier alpha value is -2.13. The van der Waals surface area contributed by atoms with Crippen molar-refractivity contribution >= 4 is 39.2 Å². The Morgan fingerprint density at radius 3 is 3.03 bits per heavy atom. The minimum Gasteiger partial charge on any atom is -0.349 e. The normalized spacial score (nSPS) is 14.3. The van der Waals surface area contributed by atoms with E-state index in [1.54, 1.807) is 34.0 Å². The minimum atomic E-state index is -0.0672. The van der Waals surface area contributed by atoms with Crippen LogP contribution >= 0.6 is 23.1 Å². The Labute approximate surface area is 177 Å². The first kappa shape index (κ1) is 20.2. The molecule has 3 heterocycles. The summed E-state index contributed by atoms with van der Waals surface area (Å²) in [5, 5.41) is 8.04. The predicted octanol–water partition coefficient (Wildman–Crippen LogP) is 3.02. The van der Waals surface area contributed by atoms with E-state index in [-0.39, 0.29) is 17.5 Å². The molecule has 0 aliphatic heterocycles. The third kappa shape index (κ3) is 4.11. The number of fused-ring (bicyclic) bond motifs is 3. The second kappa shape index (κ2) is 8.31. The maximum Gasteiger partial charge on any atom is 0.259 e. The van der Waals surface area contributed by atoms with Gasteiger partial charge in [-0.15, -0.1) is 11.3 Å². The molecule has 3 aromatic rings. The number of carbonyl (C=O) groups excluding carboxylic acids is 1. The first-order valence-corrected chi connectivity index (χ1v) is 11.8. The molecule has 1 amide bonds. The highest BCUT2D eigenvalue weighted by Crippen LogP contribution is 2.34. The van der Waals surface area contributed by atoms with Gasteiger partial charge in [-0.25, -0.2) is 4.98 Å². The molecule has 0 bridgehead atoms. The Morgan fingerprint density at radius 2 is 2.28 bits per heavy atom.